The Morgan fingerprint density at radius 3 is 2.66 bits per heavy atom. The van der Waals surface area contributed by atoms with Crippen LogP contribution >= 0.6 is 0 Å². The highest BCUT2D eigenvalue weighted by atomic mass is 19.1. The number of anilines is 1. The van der Waals surface area contributed by atoms with Gasteiger partial charge in [-0.05, 0) is 74.8 Å². The Hall–Kier alpha value is -3.06. The fourth-order valence-electron chi connectivity index (χ4n) is 3.57. The number of rotatable bonds is 5. The van der Waals surface area contributed by atoms with Crippen LogP contribution in [0.3, 0.4) is 0 Å². The summed E-state index contributed by atoms with van der Waals surface area (Å²) < 4.78 is 18.9. The smallest absolute Gasteiger partial charge is 0.247 e. The molecule has 1 aliphatic heterocycles. The van der Waals surface area contributed by atoms with Crippen LogP contribution in [0.5, 0.6) is 0 Å². The lowest BCUT2D eigenvalue weighted by Gasteiger charge is -2.29. The van der Waals surface area contributed by atoms with Crippen LogP contribution in [0.25, 0.3) is 11.5 Å². The minimum atomic E-state index is -0.299. The standard InChI is InChI=1S/C22H23FN4O2/c1-15-3-2-4-19(13-15)24-20(28)14-27-11-9-17(10-12-27)22-26-25-21(29-22)16-5-7-18(23)8-6-16/h2-8,13,17H,9-12,14H2,1H3,(H,24,28). The number of amides is 1. The van der Waals surface area contributed by atoms with Crippen molar-refractivity contribution in [2.24, 2.45) is 0 Å². The van der Waals surface area contributed by atoms with Crippen molar-refractivity contribution >= 4 is 11.6 Å². The van der Waals surface area contributed by atoms with E-state index in [1.165, 1.54) is 12.1 Å². The van der Waals surface area contributed by atoms with Gasteiger partial charge in [0.05, 0.1) is 6.54 Å². The second kappa shape index (κ2) is 8.53. The maximum Gasteiger partial charge on any atom is 0.247 e. The molecule has 0 atom stereocenters. The number of aryl methyl sites for hydroxylation is 1. The van der Waals surface area contributed by atoms with Crippen LogP contribution in [0.4, 0.5) is 10.1 Å². The largest absolute Gasteiger partial charge is 0.420 e. The zero-order valence-electron chi connectivity index (χ0n) is 16.3. The first kappa shape index (κ1) is 19.3. The Morgan fingerprint density at radius 2 is 1.93 bits per heavy atom. The zero-order chi connectivity index (χ0) is 20.2. The Bertz CT molecular complexity index is 978. The van der Waals surface area contributed by atoms with Crippen LogP contribution in [0.1, 0.15) is 30.2 Å². The Kier molecular flexibility index (Phi) is 5.67. The van der Waals surface area contributed by atoms with Gasteiger partial charge in [0, 0.05) is 17.2 Å². The molecule has 1 amide bonds. The van der Waals surface area contributed by atoms with E-state index in [0.717, 1.165) is 37.2 Å². The van der Waals surface area contributed by atoms with Crippen molar-refractivity contribution < 1.29 is 13.6 Å². The fraction of sp³-hybridized carbons (Fsp3) is 0.318. The van der Waals surface area contributed by atoms with Gasteiger partial charge < -0.3 is 9.73 Å². The van der Waals surface area contributed by atoms with E-state index in [0.29, 0.717) is 23.9 Å². The normalized spacial score (nSPS) is 15.4. The number of hydrogen-bond donors (Lipinski definition) is 1. The summed E-state index contributed by atoms with van der Waals surface area (Å²) in [7, 11) is 0. The average molecular weight is 394 g/mol. The number of nitrogens with zero attached hydrogens (tertiary/aromatic N) is 3. The topological polar surface area (TPSA) is 71.3 Å². The van der Waals surface area contributed by atoms with Crippen LogP contribution in [0.15, 0.2) is 52.9 Å². The number of likely N-dealkylation sites (tertiary alicyclic amines) is 1. The Morgan fingerprint density at radius 1 is 1.17 bits per heavy atom. The monoisotopic (exact) mass is 394 g/mol. The predicted octanol–water partition coefficient (Wildman–Crippen LogP) is 4.00. The van der Waals surface area contributed by atoms with Gasteiger partial charge >= 0.3 is 0 Å². The van der Waals surface area contributed by atoms with Gasteiger partial charge in [-0.1, -0.05) is 12.1 Å². The summed E-state index contributed by atoms with van der Waals surface area (Å²) in [5, 5.41) is 11.2. The molecule has 1 aromatic heterocycles. The van der Waals surface area contributed by atoms with E-state index in [2.05, 4.69) is 20.4 Å². The molecule has 0 aliphatic carbocycles. The van der Waals surface area contributed by atoms with E-state index in [-0.39, 0.29) is 17.6 Å². The summed E-state index contributed by atoms with van der Waals surface area (Å²) in [5.74, 6) is 0.874. The highest BCUT2D eigenvalue weighted by Crippen LogP contribution is 2.29. The number of carbonyl (C=O) groups is 1. The Balaban J connectivity index is 1.29. The minimum Gasteiger partial charge on any atom is -0.420 e. The fourth-order valence-corrected chi connectivity index (χ4v) is 3.57. The molecule has 1 fully saturated rings. The van der Waals surface area contributed by atoms with E-state index >= 15 is 0 Å². The van der Waals surface area contributed by atoms with Gasteiger partial charge in [0.15, 0.2) is 0 Å². The summed E-state index contributed by atoms with van der Waals surface area (Å²) in [4.78, 5) is 14.4. The Labute approximate surface area is 168 Å². The molecular weight excluding hydrogens is 371 g/mol. The molecule has 1 saturated heterocycles. The van der Waals surface area contributed by atoms with Gasteiger partial charge in [-0.2, -0.15) is 0 Å². The molecular formula is C22H23FN4O2. The number of nitrogens with one attached hydrogen (secondary N) is 1. The summed E-state index contributed by atoms with van der Waals surface area (Å²) in [6.45, 7) is 3.95. The maximum atomic E-state index is 13.1. The number of carbonyl (C=O) groups excluding carboxylic acids is 1. The van der Waals surface area contributed by atoms with Gasteiger partial charge in [0.25, 0.3) is 0 Å². The second-order valence-electron chi connectivity index (χ2n) is 7.42. The molecule has 0 spiro atoms. The van der Waals surface area contributed by atoms with Crippen molar-refractivity contribution in [3.63, 3.8) is 0 Å². The van der Waals surface area contributed by atoms with Crippen LogP contribution in [0.2, 0.25) is 0 Å². The lowest BCUT2D eigenvalue weighted by molar-refractivity contribution is -0.117. The molecule has 0 unspecified atom stereocenters. The van der Waals surface area contributed by atoms with Gasteiger partial charge in [0.1, 0.15) is 5.82 Å². The van der Waals surface area contributed by atoms with Gasteiger partial charge in [-0.25, -0.2) is 4.39 Å². The number of piperidine rings is 1. The molecule has 2 aromatic carbocycles. The van der Waals surface area contributed by atoms with Crippen molar-refractivity contribution in [2.75, 3.05) is 25.0 Å². The molecule has 0 bridgehead atoms. The van der Waals surface area contributed by atoms with Gasteiger partial charge in [-0.15, -0.1) is 10.2 Å². The molecule has 29 heavy (non-hydrogen) atoms. The number of hydrogen-bond acceptors (Lipinski definition) is 5. The number of halogens is 1. The molecule has 6 nitrogen and oxygen atoms in total. The molecule has 3 aromatic rings. The van der Waals surface area contributed by atoms with Crippen molar-refractivity contribution in [2.45, 2.75) is 25.7 Å². The summed E-state index contributed by atoms with van der Waals surface area (Å²) in [6, 6.07) is 13.8. The first-order chi connectivity index (χ1) is 14.1. The molecule has 7 heteroatoms. The molecule has 2 heterocycles. The highest BCUT2D eigenvalue weighted by Gasteiger charge is 2.26. The molecule has 1 N–H and O–H groups in total. The first-order valence-corrected chi connectivity index (χ1v) is 9.75. The predicted molar refractivity (Wildman–Crippen MR) is 108 cm³/mol. The van der Waals surface area contributed by atoms with E-state index < -0.39 is 0 Å². The molecule has 150 valence electrons. The SMILES string of the molecule is Cc1cccc(NC(=O)CN2CCC(c3nnc(-c4ccc(F)cc4)o3)CC2)c1. The summed E-state index contributed by atoms with van der Waals surface area (Å²) in [5.41, 5.74) is 2.64. The van der Waals surface area contributed by atoms with Crippen LogP contribution < -0.4 is 5.32 Å². The highest BCUT2D eigenvalue weighted by molar-refractivity contribution is 5.92. The zero-order valence-corrected chi connectivity index (χ0v) is 16.3. The third-order valence-electron chi connectivity index (χ3n) is 5.14. The molecule has 4 rings (SSSR count). The van der Waals surface area contributed by atoms with E-state index in [9.17, 15) is 9.18 Å². The van der Waals surface area contributed by atoms with Crippen molar-refractivity contribution in [3.05, 3.63) is 65.8 Å². The molecule has 1 aliphatic rings. The van der Waals surface area contributed by atoms with Crippen molar-refractivity contribution in [3.8, 4) is 11.5 Å². The van der Waals surface area contributed by atoms with E-state index in [1.807, 2.05) is 31.2 Å². The second-order valence-corrected chi connectivity index (χ2v) is 7.42. The third-order valence-corrected chi connectivity index (χ3v) is 5.14. The van der Waals surface area contributed by atoms with Crippen LogP contribution in [-0.2, 0) is 4.79 Å². The number of aromatic nitrogens is 2. The lowest BCUT2D eigenvalue weighted by Crippen LogP contribution is -2.38. The van der Waals surface area contributed by atoms with Gasteiger partial charge in [0.2, 0.25) is 17.7 Å². The van der Waals surface area contributed by atoms with E-state index in [1.54, 1.807) is 12.1 Å². The minimum absolute atomic E-state index is 0.00886. The van der Waals surface area contributed by atoms with E-state index in [4.69, 9.17) is 4.42 Å². The lowest BCUT2D eigenvalue weighted by atomic mass is 9.97. The summed E-state index contributed by atoms with van der Waals surface area (Å²) in [6.07, 6.45) is 1.70. The first-order valence-electron chi connectivity index (χ1n) is 9.75. The summed E-state index contributed by atoms with van der Waals surface area (Å²) >= 11 is 0. The van der Waals surface area contributed by atoms with Crippen LogP contribution in [-0.4, -0.2) is 40.6 Å². The van der Waals surface area contributed by atoms with Crippen LogP contribution in [0, 0.1) is 12.7 Å². The number of benzene rings is 2. The van der Waals surface area contributed by atoms with Crippen molar-refractivity contribution in [1.82, 2.24) is 15.1 Å². The quantitative estimate of drug-likeness (QED) is 0.708. The average Bonchev–Trinajstić information content (AvgIpc) is 3.19. The maximum absolute atomic E-state index is 13.1. The van der Waals surface area contributed by atoms with Gasteiger partial charge in [-0.3, -0.25) is 9.69 Å². The third kappa shape index (κ3) is 4.86. The van der Waals surface area contributed by atoms with Crippen molar-refractivity contribution in [1.29, 1.82) is 0 Å². The molecule has 0 radical (unpaired) electrons. The molecule has 0 saturated carbocycles.